The Bertz CT molecular complexity index is 1860. The molecule has 0 fully saturated rings. The molecule has 6 amide bonds. The monoisotopic (exact) mass is 735 g/mol. The van der Waals surface area contributed by atoms with Gasteiger partial charge in [0, 0.05) is 30.6 Å². The first-order valence-electron chi connectivity index (χ1n) is 17.5. The molecule has 4 rings (SSSR count). The van der Waals surface area contributed by atoms with E-state index in [0.717, 1.165) is 11.1 Å². The van der Waals surface area contributed by atoms with Gasteiger partial charge in [0.25, 0.3) is 0 Å². The Balaban J connectivity index is 1.37. The zero-order valence-electron chi connectivity index (χ0n) is 30.2. The van der Waals surface area contributed by atoms with Crippen LogP contribution in [0.3, 0.4) is 0 Å². The molecule has 0 aromatic heterocycles. The fraction of sp³-hybridized carbons (Fsp3) is 0.308. The van der Waals surface area contributed by atoms with E-state index in [1.165, 1.54) is 5.01 Å². The highest BCUT2D eigenvalue weighted by atomic mass is 16.6. The number of terminal acetylenes is 1. The molecule has 3 aromatic carbocycles. The van der Waals surface area contributed by atoms with Gasteiger partial charge in [0.1, 0.15) is 18.7 Å². The molecule has 0 radical (unpaired) electrons. The summed E-state index contributed by atoms with van der Waals surface area (Å²) in [7, 11) is 0. The van der Waals surface area contributed by atoms with Crippen LogP contribution in [0.2, 0.25) is 0 Å². The van der Waals surface area contributed by atoms with E-state index >= 15 is 0 Å². The minimum atomic E-state index is -1.01. The van der Waals surface area contributed by atoms with Crippen molar-refractivity contribution in [3.05, 3.63) is 102 Å². The summed E-state index contributed by atoms with van der Waals surface area (Å²) in [4.78, 5) is 64.1. The molecular formula is C39H45N9O6. The maximum Gasteiger partial charge on any atom is 0.435 e. The normalized spacial score (nSPS) is 13.2. The lowest BCUT2D eigenvalue weighted by Crippen LogP contribution is -2.54. The fourth-order valence-corrected chi connectivity index (χ4v) is 5.27. The molecule has 15 heteroatoms. The molecular weight excluding hydrogens is 690 g/mol. The van der Waals surface area contributed by atoms with Crippen LogP contribution < -0.4 is 32.4 Å². The van der Waals surface area contributed by atoms with Gasteiger partial charge in [0.15, 0.2) is 11.7 Å². The molecule has 3 aromatic rings. The molecule has 54 heavy (non-hydrogen) atoms. The van der Waals surface area contributed by atoms with Crippen LogP contribution in [-0.2, 0) is 32.1 Å². The van der Waals surface area contributed by atoms with Gasteiger partial charge in [-0.05, 0) is 42.0 Å². The van der Waals surface area contributed by atoms with Gasteiger partial charge in [-0.1, -0.05) is 86.6 Å². The molecule has 7 N–H and O–H groups in total. The number of primary amides is 1. The number of nitrogens with zero attached hydrogens (tertiary/aromatic N) is 3. The highest BCUT2D eigenvalue weighted by Crippen LogP contribution is 2.15. The van der Waals surface area contributed by atoms with E-state index in [4.69, 9.17) is 16.9 Å². The zero-order valence-corrected chi connectivity index (χ0v) is 30.2. The highest BCUT2D eigenvalue weighted by molar-refractivity contribution is 6.06. The minimum absolute atomic E-state index is 0.0934. The van der Waals surface area contributed by atoms with E-state index in [1.54, 1.807) is 38.1 Å². The number of urea groups is 1. The van der Waals surface area contributed by atoms with E-state index < -0.39 is 36.0 Å². The van der Waals surface area contributed by atoms with E-state index in [2.05, 4.69) is 42.8 Å². The number of amidine groups is 2. The van der Waals surface area contributed by atoms with Crippen molar-refractivity contribution in [2.24, 2.45) is 21.9 Å². The predicted molar refractivity (Wildman–Crippen MR) is 204 cm³/mol. The molecule has 2 atom stereocenters. The summed E-state index contributed by atoms with van der Waals surface area (Å²) in [5.41, 5.74) is 10.7. The Labute approximate surface area is 314 Å². The van der Waals surface area contributed by atoms with Crippen LogP contribution in [0.5, 0.6) is 0 Å². The van der Waals surface area contributed by atoms with E-state index in [-0.39, 0.29) is 37.8 Å². The van der Waals surface area contributed by atoms with Gasteiger partial charge in [-0.25, -0.2) is 9.59 Å². The Kier molecular flexibility index (Phi) is 15.1. The van der Waals surface area contributed by atoms with Crippen molar-refractivity contribution in [1.82, 2.24) is 26.4 Å². The molecule has 0 saturated carbocycles. The van der Waals surface area contributed by atoms with Crippen molar-refractivity contribution in [2.75, 3.05) is 11.9 Å². The smallest absolute Gasteiger partial charge is 0.435 e. The number of nitrogens with one attached hydrogen (secondary N) is 5. The van der Waals surface area contributed by atoms with Crippen LogP contribution in [0.4, 0.5) is 15.3 Å². The summed E-state index contributed by atoms with van der Waals surface area (Å²) in [6.07, 6.45) is 5.94. The number of hydrogen-bond donors (Lipinski definition) is 6. The zero-order chi connectivity index (χ0) is 38.9. The predicted octanol–water partition coefficient (Wildman–Crippen LogP) is 3.57. The maximum atomic E-state index is 13.5. The van der Waals surface area contributed by atoms with Crippen LogP contribution in [0.15, 0.2) is 95.1 Å². The number of anilines is 1. The molecule has 15 nitrogen and oxygen atoms in total. The van der Waals surface area contributed by atoms with Crippen LogP contribution in [-0.4, -0.2) is 65.2 Å². The van der Waals surface area contributed by atoms with Gasteiger partial charge in [-0.2, -0.15) is 5.01 Å². The minimum Gasteiger partial charge on any atom is -0.443 e. The number of rotatable bonds is 17. The average Bonchev–Trinajstić information content (AvgIpc) is 3.17. The molecule has 0 spiro atoms. The third-order valence-corrected chi connectivity index (χ3v) is 8.12. The third-order valence-electron chi connectivity index (χ3n) is 8.12. The first-order valence-corrected chi connectivity index (χ1v) is 17.5. The standard InChI is InChI=1S/C39H45N9O6/c1-4-5-18-32-45-46-35(29-15-10-7-11-16-29)47-48(32)39(53)54-25-28-19-21-30(22-20-28)42-36(50)31(17-12-23-41-38(40)52)43-37(51)34(26(2)3)44-33(49)24-27-13-8-6-9-14-27/h1,6-11,13-16,19-22,26,31,34H,5,12,17-18,23-25H2,2-3H3,(H,42,50)(H,43,51)(H,44,49)(H,46,47)(H3,40,41,52)/t31-,34-/m0/s1. The lowest BCUT2D eigenvalue weighted by atomic mass is 10.0. The maximum absolute atomic E-state index is 13.5. The quantitative estimate of drug-likeness (QED) is 0.0896. The molecule has 0 aliphatic carbocycles. The van der Waals surface area contributed by atoms with Gasteiger partial charge in [0.2, 0.25) is 17.7 Å². The second-order valence-corrected chi connectivity index (χ2v) is 12.7. The SMILES string of the molecule is C#CCCC1=NN=C(c2ccccc2)NN1C(=O)OCc1ccc(NC(=O)[C@H](CCCNC(N)=O)NC(=O)[C@@H](NC(=O)Cc2ccccc2)C(C)C)cc1. The number of carbonyl (C=O) groups is 5. The molecule has 1 heterocycles. The van der Waals surface area contributed by atoms with Crippen molar-refractivity contribution in [3.63, 3.8) is 0 Å². The first-order chi connectivity index (χ1) is 26.0. The first kappa shape index (κ1) is 40.1. The van der Waals surface area contributed by atoms with Crippen LogP contribution in [0.25, 0.3) is 0 Å². The van der Waals surface area contributed by atoms with Crippen LogP contribution in [0, 0.1) is 18.3 Å². The summed E-state index contributed by atoms with van der Waals surface area (Å²) in [5.74, 6) is 1.55. The van der Waals surface area contributed by atoms with Gasteiger partial charge in [-0.15, -0.1) is 22.5 Å². The lowest BCUT2D eigenvalue weighted by molar-refractivity contribution is -0.131. The largest absolute Gasteiger partial charge is 0.443 e. The number of carbonyl (C=O) groups excluding carboxylic acids is 5. The summed E-state index contributed by atoms with van der Waals surface area (Å²) >= 11 is 0. The van der Waals surface area contributed by atoms with Crippen LogP contribution in [0.1, 0.15) is 56.2 Å². The fourth-order valence-electron chi connectivity index (χ4n) is 5.27. The number of hydrazine groups is 1. The summed E-state index contributed by atoms with van der Waals surface area (Å²) < 4.78 is 5.57. The van der Waals surface area contributed by atoms with Crippen molar-refractivity contribution in [2.45, 2.75) is 64.6 Å². The molecule has 1 aliphatic rings. The van der Waals surface area contributed by atoms with Crippen LogP contribution >= 0.6 is 0 Å². The lowest BCUT2D eigenvalue weighted by Gasteiger charge is -2.27. The van der Waals surface area contributed by atoms with E-state index in [1.807, 2.05) is 60.7 Å². The Hall–Kier alpha value is -6.69. The molecule has 0 unspecified atom stereocenters. The second kappa shape index (κ2) is 20.4. The highest BCUT2D eigenvalue weighted by Gasteiger charge is 2.29. The van der Waals surface area contributed by atoms with Gasteiger partial charge in [-0.3, -0.25) is 19.8 Å². The third kappa shape index (κ3) is 12.5. The number of hydrogen-bond acceptors (Lipinski definition) is 9. The Morgan fingerprint density at radius 1 is 0.889 bits per heavy atom. The number of ether oxygens (including phenoxy) is 1. The Morgan fingerprint density at radius 2 is 1.57 bits per heavy atom. The van der Waals surface area contributed by atoms with Gasteiger partial charge >= 0.3 is 12.1 Å². The number of benzene rings is 3. The molecule has 282 valence electrons. The van der Waals surface area contributed by atoms with E-state index in [0.29, 0.717) is 42.2 Å². The molecule has 0 saturated heterocycles. The van der Waals surface area contributed by atoms with E-state index in [9.17, 15) is 24.0 Å². The topological polar surface area (TPSA) is 209 Å². The average molecular weight is 736 g/mol. The summed E-state index contributed by atoms with van der Waals surface area (Å²) in [6, 6.07) is 22.3. The van der Waals surface area contributed by atoms with Crippen molar-refractivity contribution < 1.29 is 28.7 Å². The van der Waals surface area contributed by atoms with Crippen molar-refractivity contribution >= 4 is 47.2 Å². The molecule has 1 aliphatic heterocycles. The molecule has 0 bridgehead atoms. The van der Waals surface area contributed by atoms with Crippen molar-refractivity contribution in [1.29, 1.82) is 0 Å². The summed E-state index contributed by atoms with van der Waals surface area (Å²) in [5, 5.41) is 20.4. The number of amides is 6. The van der Waals surface area contributed by atoms with Gasteiger partial charge in [0.05, 0.1) is 6.42 Å². The summed E-state index contributed by atoms with van der Waals surface area (Å²) in [6.45, 7) is 3.68. The second-order valence-electron chi connectivity index (χ2n) is 12.7. The number of nitrogens with two attached hydrogens (primary N) is 1. The Morgan fingerprint density at radius 3 is 2.22 bits per heavy atom. The van der Waals surface area contributed by atoms with Crippen molar-refractivity contribution in [3.8, 4) is 12.3 Å². The van der Waals surface area contributed by atoms with Gasteiger partial charge < -0.3 is 31.7 Å².